The fourth-order valence-electron chi connectivity index (χ4n) is 2.33. The maximum Gasteiger partial charge on any atom is 0.407 e. The van der Waals surface area contributed by atoms with Crippen molar-refractivity contribution in [2.75, 3.05) is 7.11 Å². The number of alkyl carbamates (subject to hydrolysis) is 1. The predicted octanol–water partition coefficient (Wildman–Crippen LogP) is 2.40. The Hall–Kier alpha value is -1.30. The van der Waals surface area contributed by atoms with E-state index in [-0.39, 0.29) is 24.2 Å². The summed E-state index contributed by atoms with van der Waals surface area (Å²) in [6.07, 6.45) is 2.36. The summed E-state index contributed by atoms with van der Waals surface area (Å²) in [5.74, 6) is -0.357. The normalized spacial score (nSPS) is 24.0. The second-order valence-electron chi connectivity index (χ2n) is 6.42. The fourth-order valence-corrected chi connectivity index (χ4v) is 2.33. The van der Waals surface area contributed by atoms with Crippen LogP contribution in [-0.2, 0) is 19.0 Å². The third-order valence-electron chi connectivity index (χ3n) is 3.32. The average Bonchev–Trinajstić information content (AvgIpc) is 2.37. The number of nitrogens with one attached hydrogen (secondary N) is 1. The van der Waals surface area contributed by atoms with E-state index >= 15 is 0 Å². The molecule has 0 aromatic heterocycles. The van der Waals surface area contributed by atoms with Gasteiger partial charge in [-0.05, 0) is 53.4 Å². The molecule has 6 nitrogen and oxygen atoms in total. The third-order valence-corrected chi connectivity index (χ3v) is 3.32. The van der Waals surface area contributed by atoms with E-state index in [1.165, 1.54) is 7.11 Å². The molecule has 0 bridgehead atoms. The highest BCUT2D eigenvalue weighted by Crippen LogP contribution is 2.23. The van der Waals surface area contributed by atoms with Crippen molar-refractivity contribution >= 4 is 12.1 Å². The van der Waals surface area contributed by atoms with E-state index in [0.717, 1.165) is 25.7 Å². The van der Waals surface area contributed by atoms with Gasteiger partial charge in [-0.3, -0.25) is 0 Å². The van der Waals surface area contributed by atoms with Crippen LogP contribution in [0.25, 0.3) is 0 Å². The van der Waals surface area contributed by atoms with Crippen molar-refractivity contribution in [3.05, 3.63) is 0 Å². The van der Waals surface area contributed by atoms with Crippen LogP contribution in [-0.4, -0.2) is 43.0 Å². The lowest BCUT2D eigenvalue weighted by Gasteiger charge is -2.31. The Kier molecular flexibility index (Phi) is 6.45. The van der Waals surface area contributed by atoms with Gasteiger partial charge >= 0.3 is 12.1 Å². The van der Waals surface area contributed by atoms with Crippen LogP contribution >= 0.6 is 0 Å². The lowest BCUT2D eigenvalue weighted by atomic mass is 9.93. The molecule has 0 heterocycles. The molecule has 0 aromatic rings. The summed E-state index contributed by atoms with van der Waals surface area (Å²) in [6.45, 7) is 7.21. The molecule has 0 aliphatic heterocycles. The van der Waals surface area contributed by atoms with Crippen molar-refractivity contribution in [2.45, 2.75) is 77.2 Å². The van der Waals surface area contributed by atoms with E-state index in [2.05, 4.69) is 10.1 Å². The second-order valence-corrected chi connectivity index (χ2v) is 6.42. The largest absolute Gasteiger partial charge is 0.467 e. The van der Waals surface area contributed by atoms with E-state index in [9.17, 15) is 9.59 Å². The van der Waals surface area contributed by atoms with Crippen LogP contribution in [0.15, 0.2) is 0 Å². The highest BCUT2D eigenvalue weighted by molar-refractivity contribution is 5.74. The summed E-state index contributed by atoms with van der Waals surface area (Å²) in [5.41, 5.74) is -0.486. The quantitative estimate of drug-likeness (QED) is 0.807. The van der Waals surface area contributed by atoms with Gasteiger partial charge in [-0.25, -0.2) is 9.59 Å². The Balaban J connectivity index is 2.29. The van der Waals surface area contributed by atoms with Crippen LogP contribution < -0.4 is 5.32 Å². The minimum atomic E-state index is -0.546. The molecule has 1 N–H and O–H groups in total. The molecule has 21 heavy (non-hydrogen) atoms. The molecule has 1 amide bonds. The maximum atomic E-state index is 11.7. The van der Waals surface area contributed by atoms with Crippen molar-refractivity contribution in [3.63, 3.8) is 0 Å². The van der Waals surface area contributed by atoms with Gasteiger partial charge in [0, 0.05) is 6.04 Å². The smallest absolute Gasteiger partial charge is 0.407 e. The predicted molar refractivity (Wildman–Crippen MR) is 78.0 cm³/mol. The Morgan fingerprint density at radius 3 is 2.19 bits per heavy atom. The van der Waals surface area contributed by atoms with E-state index < -0.39 is 11.7 Å². The van der Waals surface area contributed by atoms with Crippen molar-refractivity contribution in [2.24, 2.45) is 0 Å². The van der Waals surface area contributed by atoms with E-state index in [1.54, 1.807) is 6.92 Å². The van der Waals surface area contributed by atoms with Crippen LogP contribution in [0, 0.1) is 0 Å². The SMILES string of the molecule is COC(=O)C(C)O[C@H]1CC[C@H](NC(=O)OC(C)(C)C)CC1. The summed E-state index contributed by atoms with van der Waals surface area (Å²) >= 11 is 0. The van der Waals surface area contributed by atoms with Gasteiger partial charge < -0.3 is 19.5 Å². The molecule has 1 saturated carbocycles. The molecule has 1 aliphatic carbocycles. The number of carbonyl (C=O) groups excluding carboxylic acids is 2. The van der Waals surface area contributed by atoms with Gasteiger partial charge in [0.2, 0.25) is 0 Å². The molecule has 1 atom stereocenters. The van der Waals surface area contributed by atoms with Gasteiger partial charge in [-0.1, -0.05) is 0 Å². The van der Waals surface area contributed by atoms with Crippen LogP contribution in [0.5, 0.6) is 0 Å². The van der Waals surface area contributed by atoms with E-state index in [1.807, 2.05) is 20.8 Å². The number of hydrogen-bond acceptors (Lipinski definition) is 5. The Bertz CT molecular complexity index is 356. The molecule has 1 fully saturated rings. The van der Waals surface area contributed by atoms with Crippen molar-refractivity contribution < 1.29 is 23.8 Å². The van der Waals surface area contributed by atoms with Crippen LogP contribution in [0.3, 0.4) is 0 Å². The van der Waals surface area contributed by atoms with Gasteiger partial charge in [-0.2, -0.15) is 0 Å². The van der Waals surface area contributed by atoms with Crippen LogP contribution in [0.1, 0.15) is 53.4 Å². The average molecular weight is 301 g/mol. The molecule has 0 saturated heterocycles. The number of carbonyl (C=O) groups is 2. The van der Waals surface area contributed by atoms with Crippen molar-refractivity contribution in [1.82, 2.24) is 5.32 Å². The Labute approximate surface area is 126 Å². The lowest BCUT2D eigenvalue weighted by Crippen LogP contribution is -2.42. The first-order valence-corrected chi connectivity index (χ1v) is 7.44. The zero-order valence-corrected chi connectivity index (χ0v) is 13.6. The van der Waals surface area contributed by atoms with Crippen molar-refractivity contribution in [1.29, 1.82) is 0 Å². The first-order chi connectivity index (χ1) is 9.71. The van der Waals surface area contributed by atoms with Gasteiger partial charge in [0.1, 0.15) is 5.60 Å². The molecular formula is C15H27NO5. The summed E-state index contributed by atoms with van der Waals surface area (Å²) < 4.78 is 15.5. The molecule has 0 radical (unpaired) electrons. The van der Waals surface area contributed by atoms with Crippen LogP contribution in [0.2, 0.25) is 0 Å². The van der Waals surface area contributed by atoms with E-state index in [4.69, 9.17) is 9.47 Å². The van der Waals surface area contributed by atoms with Crippen molar-refractivity contribution in [3.8, 4) is 0 Å². The van der Waals surface area contributed by atoms with Crippen LogP contribution in [0.4, 0.5) is 4.79 Å². The number of methoxy groups -OCH3 is 1. The zero-order chi connectivity index (χ0) is 16.0. The number of hydrogen-bond donors (Lipinski definition) is 1. The number of amides is 1. The lowest BCUT2D eigenvalue weighted by molar-refractivity contribution is -0.157. The minimum absolute atomic E-state index is 0.0378. The summed E-state index contributed by atoms with van der Waals surface area (Å²) in [5, 5.41) is 2.87. The highest BCUT2D eigenvalue weighted by Gasteiger charge is 2.27. The number of rotatable bonds is 4. The fraction of sp³-hybridized carbons (Fsp3) is 0.867. The number of esters is 1. The molecule has 1 rings (SSSR count). The van der Waals surface area contributed by atoms with Gasteiger partial charge in [-0.15, -0.1) is 0 Å². The maximum absolute atomic E-state index is 11.7. The first kappa shape index (κ1) is 17.8. The summed E-state index contributed by atoms with van der Waals surface area (Å²) in [7, 11) is 1.35. The molecular weight excluding hydrogens is 274 g/mol. The second kappa shape index (κ2) is 7.64. The van der Waals surface area contributed by atoms with Gasteiger partial charge in [0.25, 0.3) is 0 Å². The monoisotopic (exact) mass is 301 g/mol. The third kappa shape index (κ3) is 6.80. The standard InChI is InChI=1S/C15H27NO5/c1-10(13(17)19-5)20-12-8-6-11(7-9-12)16-14(18)21-15(2,3)4/h10-12H,6-9H2,1-5H3,(H,16,18)/t10?,11-,12-. The zero-order valence-electron chi connectivity index (χ0n) is 13.6. The molecule has 122 valence electrons. The summed E-state index contributed by atoms with van der Waals surface area (Å²) in [6, 6.07) is 0.105. The van der Waals surface area contributed by atoms with E-state index in [0.29, 0.717) is 0 Å². The Morgan fingerprint density at radius 2 is 1.71 bits per heavy atom. The topological polar surface area (TPSA) is 73.9 Å². The Morgan fingerprint density at radius 1 is 1.14 bits per heavy atom. The molecule has 1 aliphatic rings. The number of ether oxygens (including phenoxy) is 3. The molecule has 0 aromatic carbocycles. The van der Waals surface area contributed by atoms with Gasteiger partial charge in [0.15, 0.2) is 6.10 Å². The minimum Gasteiger partial charge on any atom is -0.467 e. The molecule has 1 unspecified atom stereocenters. The molecule has 6 heteroatoms. The first-order valence-electron chi connectivity index (χ1n) is 7.44. The molecule has 0 spiro atoms. The summed E-state index contributed by atoms with van der Waals surface area (Å²) in [4.78, 5) is 23.0. The van der Waals surface area contributed by atoms with Gasteiger partial charge in [0.05, 0.1) is 13.2 Å². The highest BCUT2D eigenvalue weighted by atomic mass is 16.6.